The van der Waals surface area contributed by atoms with Gasteiger partial charge in [-0.2, -0.15) is 0 Å². The van der Waals surface area contributed by atoms with Gasteiger partial charge in [0.2, 0.25) is 0 Å². The van der Waals surface area contributed by atoms with Gasteiger partial charge in [0.1, 0.15) is 0 Å². The highest BCUT2D eigenvalue weighted by molar-refractivity contribution is 7.10. The fraction of sp³-hybridized carbons (Fsp3) is 0.810. The summed E-state index contributed by atoms with van der Waals surface area (Å²) in [7, 11) is 0. The summed E-state index contributed by atoms with van der Waals surface area (Å²) in [5.41, 5.74) is 4.15. The normalized spacial score (nSPS) is 38.4. The van der Waals surface area contributed by atoms with Crippen molar-refractivity contribution in [2.24, 2.45) is 23.2 Å². The minimum Gasteiger partial charge on any atom is -0.309 e. The van der Waals surface area contributed by atoms with E-state index in [4.69, 9.17) is 0 Å². The lowest BCUT2D eigenvalue weighted by Crippen LogP contribution is -2.59. The lowest BCUT2D eigenvalue weighted by atomic mass is 9.45. The van der Waals surface area contributed by atoms with Gasteiger partial charge in [-0.25, -0.2) is 0 Å². The molecule has 5 aliphatic rings. The van der Waals surface area contributed by atoms with Crippen LogP contribution in [0.1, 0.15) is 87.1 Å². The second kappa shape index (κ2) is 5.08. The predicted molar refractivity (Wildman–Crippen MR) is 98.1 cm³/mol. The molecule has 0 aliphatic heterocycles. The number of fused-ring (bicyclic) bond motifs is 2. The molecule has 1 aromatic rings. The standard InChI is InChI=1S/C21H31NS/c1-12-17-8-15(21(17,2)3)9-18(12)22-10-19-20(14-6-7-14)16(11-23-19)13-4-5-13/h11-15,17-18,22H,4-10H2,1-3H3/t12-,15+,17-,18-/m1/s1. The van der Waals surface area contributed by atoms with Crippen LogP contribution in [0, 0.1) is 23.2 Å². The highest BCUT2D eigenvalue weighted by Crippen LogP contribution is 2.61. The Hall–Kier alpha value is -0.340. The van der Waals surface area contributed by atoms with Gasteiger partial charge in [-0.3, -0.25) is 0 Å². The van der Waals surface area contributed by atoms with Crippen LogP contribution in [0.2, 0.25) is 0 Å². The van der Waals surface area contributed by atoms with Crippen LogP contribution in [0.25, 0.3) is 0 Å². The van der Waals surface area contributed by atoms with Crippen molar-refractivity contribution in [1.29, 1.82) is 0 Å². The first-order chi connectivity index (χ1) is 11.1. The molecule has 2 bridgehead atoms. The molecule has 1 nitrogen and oxygen atoms in total. The molecule has 5 aliphatic carbocycles. The Bertz CT molecular complexity index is 607. The van der Waals surface area contributed by atoms with Gasteiger partial charge < -0.3 is 5.32 Å². The van der Waals surface area contributed by atoms with Crippen LogP contribution in [0.5, 0.6) is 0 Å². The topological polar surface area (TPSA) is 12.0 Å². The summed E-state index contributed by atoms with van der Waals surface area (Å²) in [6.45, 7) is 8.65. The first-order valence-electron chi connectivity index (χ1n) is 9.89. The van der Waals surface area contributed by atoms with Crippen LogP contribution in [0.3, 0.4) is 0 Å². The third-order valence-corrected chi connectivity index (χ3v) is 8.84. The summed E-state index contributed by atoms with van der Waals surface area (Å²) in [6, 6.07) is 0.755. The van der Waals surface area contributed by atoms with Crippen LogP contribution >= 0.6 is 11.3 Å². The Morgan fingerprint density at radius 1 is 1.13 bits per heavy atom. The van der Waals surface area contributed by atoms with Crippen molar-refractivity contribution in [1.82, 2.24) is 5.32 Å². The van der Waals surface area contributed by atoms with E-state index in [1.165, 1.54) is 38.5 Å². The molecule has 5 fully saturated rings. The number of rotatable bonds is 5. The molecule has 0 unspecified atom stereocenters. The Morgan fingerprint density at radius 3 is 2.48 bits per heavy atom. The minimum absolute atomic E-state index is 0.610. The van der Waals surface area contributed by atoms with E-state index in [9.17, 15) is 0 Å². The highest BCUT2D eigenvalue weighted by Gasteiger charge is 2.56. The summed E-state index contributed by atoms with van der Waals surface area (Å²) >= 11 is 2.05. The zero-order valence-electron chi connectivity index (χ0n) is 14.9. The monoisotopic (exact) mass is 329 g/mol. The third kappa shape index (κ3) is 2.35. The first-order valence-corrected chi connectivity index (χ1v) is 10.8. The molecule has 2 heteroatoms. The first kappa shape index (κ1) is 15.0. The lowest BCUT2D eigenvalue weighted by molar-refractivity contribution is -0.115. The van der Waals surface area contributed by atoms with Gasteiger partial charge in [-0.1, -0.05) is 20.8 Å². The molecule has 1 aromatic heterocycles. The summed E-state index contributed by atoms with van der Waals surface area (Å²) in [6.07, 6.45) is 8.68. The van der Waals surface area contributed by atoms with E-state index in [0.717, 1.165) is 42.2 Å². The van der Waals surface area contributed by atoms with Crippen molar-refractivity contribution in [3.05, 3.63) is 21.4 Å². The van der Waals surface area contributed by atoms with Gasteiger partial charge in [0, 0.05) is 17.5 Å². The maximum atomic E-state index is 3.99. The Labute approximate surface area is 145 Å². The van der Waals surface area contributed by atoms with Crippen LogP contribution in [0.4, 0.5) is 0 Å². The fourth-order valence-electron chi connectivity index (χ4n) is 5.75. The molecule has 0 amide bonds. The molecule has 23 heavy (non-hydrogen) atoms. The van der Waals surface area contributed by atoms with Crippen molar-refractivity contribution in [3.63, 3.8) is 0 Å². The molecule has 0 radical (unpaired) electrons. The second-order valence-electron chi connectivity index (χ2n) is 9.52. The highest BCUT2D eigenvalue weighted by atomic mass is 32.1. The maximum Gasteiger partial charge on any atom is 0.0305 e. The van der Waals surface area contributed by atoms with Crippen LogP contribution in [0.15, 0.2) is 5.38 Å². The summed E-state index contributed by atoms with van der Waals surface area (Å²) < 4.78 is 0. The number of thiophene rings is 1. The Kier molecular flexibility index (Phi) is 3.30. The number of nitrogens with one attached hydrogen (secondary N) is 1. The average Bonchev–Trinajstić information content (AvgIpc) is 3.44. The largest absolute Gasteiger partial charge is 0.309 e. The fourth-order valence-corrected chi connectivity index (χ4v) is 6.92. The molecular formula is C21H31NS. The van der Waals surface area contributed by atoms with E-state index < -0.39 is 0 Å². The van der Waals surface area contributed by atoms with Crippen molar-refractivity contribution in [2.45, 2.75) is 83.7 Å². The minimum atomic E-state index is 0.610. The van der Waals surface area contributed by atoms with Crippen molar-refractivity contribution in [3.8, 4) is 0 Å². The van der Waals surface area contributed by atoms with E-state index in [0.29, 0.717) is 5.41 Å². The van der Waals surface area contributed by atoms with Crippen LogP contribution < -0.4 is 5.32 Å². The van der Waals surface area contributed by atoms with Crippen LogP contribution in [-0.4, -0.2) is 6.04 Å². The Morgan fingerprint density at radius 2 is 1.87 bits per heavy atom. The molecule has 1 N–H and O–H groups in total. The van der Waals surface area contributed by atoms with Gasteiger partial charge in [0.15, 0.2) is 0 Å². The predicted octanol–water partition coefficient (Wildman–Crippen LogP) is 5.66. The zero-order chi connectivity index (χ0) is 15.8. The number of hydrogen-bond donors (Lipinski definition) is 1. The van der Waals surface area contributed by atoms with Gasteiger partial charge >= 0.3 is 0 Å². The molecule has 0 spiro atoms. The maximum absolute atomic E-state index is 3.99. The molecular weight excluding hydrogens is 298 g/mol. The summed E-state index contributed by atoms with van der Waals surface area (Å²) in [5, 5.41) is 6.50. The van der Waals surface area contributed by atoms with Gasteiger partial charge in [-0.15, -0.1) is 11.3 Å². The second-order valence-corrected chi connectivity index (χ2v) is 10.5. The van der Waals surface area contributed by atoms with E-state index in [-0.39, 0.29) is 0 Å². The quantitative estimate of drug-likeness (QED) is 0.734. The van der Waals surface area contributed by atoms with Crippen LogP contribution in [-0.2, 0) is 6.54 Å². The smallest absolute Gasteiger partial charge is 0.0305 e. The van der Waals surface area contributed by atoms with E-state index in [2.05, 4.69) is 42.8 Å². The van der Waals surface area contributed by atoms with E-state index in [1.807, 2.05) is 0 Å². The molecule has 1 heterocycles. The number of hydrogen-bond acceptors (Lipinski definition) is 2. The SMILES string of the molecule is C[C@@H]1[C@H]2C[C@@H](C[C@H]1NCc1scc(C3CC3)c1C1CC1)C2(C)C. The molecule has 4 atom stereocenters. The molecule has 0 aromatic carbocycles. The average molecular weight is 330 g/mol. The van der Waals surface area contributed by atoms with Crippen molar-refractivity contribution >= 4 is 11.3 Å². The Balaban J connectivity index is 1.29. The van der Waals surface area contributed by atoms with E-state index >= 15 is 0 Å². The molecule has 0 saturated heterocycles. The van der Waals surface area contributed by atoms with Crippen molar-refractivity contribution in [2.75, 3.05) is 0 Å². The van der Waals surface area contributed by atoms with Gasteiger partial charge in [-0.05, 0) is 90.0 Å². The summed E-state index contributed by atoms with van der Waals surface area (Å²) in [5.74, 6) is 4.62. The molecule has 126 valence electrons. The summed E-state index contributed by atoms with van der Waals surface area (Å²) in [4.78, 5) is 1.68. The zero-order valence-corrected chi connectivity index (χ0v) is 15.7. The molecule has 5 saturated carbocycles. The third-order valence-electron chi connectivity index (χ3n) is 7.82. The lowest BCUT2D eigenvalue weighted by Gasteiger charge is -2.62. The van der Waals surface area contributed by atoms with Gasteiger partial charge in [0.25, 0.3) is 0 Å². The van der Waals surface area contributed by atoms with E-state index in [1.54, 1.807) is 16.0 Å². The van der Waals surface area contributed by atoms with Gasteiger partial charge in [0.05, 0.1) is 0 Å². The molecule has 6 rings (SSSR count). The van der Waals surface area contributed by atoms with Crippen molar-refractivity contribution < 1.29 is 0 Å².